The highest BCUT2D eigenvalue weighted by Gasteiger charge is 2.36. The molecule has 0 N–H and O–H groups in total. The summed E-state index contributed by atoms with van der Waals surface area (Å²) in [4.78, 5) is 40.6. The summed E-state index contributed by atoms with van der Waals surface area (Å²) in [5, 5.41) is 0. The molecule has 8 heteroatoms. The number of carbonyl (C=O) groups excluding carboxylic acids is 3. The third-order valence-electron chi connectivity index (χ3n) is 5.54. The molecule has 0 atom stereocenters. The Bertz CT molecular complexity index is 987. The molecule has 0 aromatic heterocycles. The van der Waals surface area contributed by atoms with E-state index in [0.717, 1.165) is 11.6 Å². The number of hydrogen-bond acceptors (Lipinski definition) is 3. The molecule has 1 fully saturated rings. The number of Topliss-reactive ketones (excluding diaryl/α,β-unsaturated/α-hetero) is 1. The molecular weight excluding hydrogens is 421 g/mol. The van der Waals surface area contributed by atoms with Crippen molar-refractivity contribution in [3.05, 3.63) is 70.8 Å². The molecule has 2 aromatic carbocycles. The minimum Gasteiger partial charge on any atom is -0.341 e. The first-order chi connectivity index (χ1) is 15.2. The third kappa shape index (κ3) is 5.75. The predicted molar refractivity (Wildman–Crippen MR) is 113 cm³/mol. The van der Waals surface area contributed by atoms with Crippen molar-refractivity contribution in [2.75, 3.05) is 26.2 Å². The van der Waals surface area contributed by atoms with Crippen molar-refractivity contribution in [3.8, 4) is 0 Å². The molecule has 2 amide bonds. The van der Waals surface area contributed by atoms with Gasteiger partial charge >= 0.3 is 6.18 Å². The number of nitrogens with zero attached hydrogens (tertiary/aromatic N) is 2. The Morgan fingerprint density at radius 3 is 2.16 bits per heavy atom. The summed E-state index contributed by atoms with van der Waals surface area (Å²) >= 11 is 0. The number of benzene rings is 2. The highest BCUT2D eigenvalue weighted by Crippen LogP contribution is 2.32. The molecule has 170 valence electrons. The second-order valence-electron chi connectivity index (χ2n) is 7.86. The van der Waals surface area contributed by atoms with Crippen LogP contribution in [0.25, 0.3) is 0 Å². The van der Waals surface area contributed by atoms with Gasteiger partial charge in [0.2, 0.25) is 5.91 Å². The van der Waals surface area contributed by atoms with Gasteiger partial charge in [-0.05, 0) is 25.5 Å². The fourth-order valence-electron chi connectivity index (χ4n) is 3.72. The summed E-state index contributed by atoms with van der Waals surface area (Å²) in [7, 11) is 0. The molecule has 0 saturated carbocycles. The molecular formula is C24H25F3N2O3. The van der Waals surface area contributed by atoms with Gasteiger partial charge in [-0.2, -0.15) is 13.2 Å². The van der Waals surface area contributed by atoms with E-state index in [1.165, 1.54) is 23.1 Å². The van der Waals surface area contributed by atoms with Gasteiger partial charge in [0.25, 0.3) is 5.91 Å². The summed E-state index contributed by atoms with van der Waals surface area (Å²) in [5.74, 6) is -1.01. The zero-order valence-electron chi connectivity index (χ0n) is 17.8. The van der Waals surface area contributed by atoms with Crippen LogP contribution < -0.4 is 0 Å². The normalized spacial score (nSPS) is 14.8. The Morgan fingerprint density at radius 2 is 1.47 bits per heavy atom. The number of rotatable bonds is 5. The molecule has 0 unspecified atom stereocenters. The van der Waals surface area contributed by atoms with Gasteiger partial charge in [0, 0.05) is 44.6 Å². The lowest BCUT2D eigenvalue weighted by Crippen LogP contribution is -2.38. The molecule has 1 aliphatic rings. The summed E-state index contributed by atoms with van der Waals surface area (Å²) in [6, 6.07) is 11.9. The molecule has 1 saturated heterocycles. The zero-order chi connectivity index (χ0) is 23.3. The topological polar surface area (TPSA) is 57.7 Å². The van der Waals surface area contributed by atoms with Crippen molar-refractivity contribution in [3.63, 3.8) is 0 Å². The second-order valence-corrected chi connectivity index (χ2v) is 7.86. The van der Waals surface area contributed by atoms with Crippen LogP contribution in [0, 0.1) is 6.92 Å². The van der Waals surface area contributed by atoms with E-state index in [2.05, 4.69) is 0 Å². The van der Waals surface area contributed by atoms with Crippen LogP contribution in [0.4, 0.5) is 13.2 Å². The molecule has 0 aliphatic carbocycles. The predicted octanol–water partition coefficient (Wildman–Crippen LogP) is 4.35. The van der Waals surface area contributed by atoms with Crippen LogP contribution in [-0.2, 0) is 11.0 Å². The van der Waals surface area contributed by atoms with Crippen molar-refractivity contribution < 1.29 is 27.6 Å². The number of amides is 2. The average Bonchev–Trinajstić information content (AvgIpc) is 3.03. The third-order valence-corrected chi connectivity index (χ3v) is 5.54. The first-order valence-electron chi connectivity index (χ1n) is 10.5. The number of halogens is 3. The van der Waals surface area contributed by atoms with E-state index in [1.807, 2.05) is 19.1 Å². The number of hydrogen-bond donors (Lipinski definition) is 0. The number of ketones is 1. The summed E-state index contributed by atoms with van der Waals surface area (Å²) in [5.41, 5.74) is 0.249. The minimum atomic E-state index is -4.62. The molecule has 0 bridgehead atoms. The van der Waals surface area contributed by atoms with Crippen molar-refractivity contribution in [1.82, 2.24) is 9.80 Å². The van der Waals surface area contributed by atoms with E-state index in [1.54, 1.807) is 17.0 Å². The average molecular weight is 446 g/mol. The van der Waals surface area contributed by atoms with Gasteiger partial charge in [-0.3, -0.25) is 14.4 Å². The fourth-order valence-corrected chi connectivity index (χ4v) is 3.72. The summed E-state index contributed by atoms with van der Waals surface area (Å²) in [6.07, 6.45) is -4.03. The SMILES string of the molecule is Cc1ccc(C(=O)CCC(=O)N2CCCN(C(=O)c3ccccc3C(F)(F)F)CC2)cc1. The van der Waals surface area contributed by atoms with E-state index in [0.29, 0.717) is 18.5 Å². The van der Waals surface area contributed by atoms with Crippen LogP contribution in [-0.4, -0.2) is 53.6 Å². The first-order valence-corrected chi connectivity index (χ1v) is 10.5. The maximum absolute atomic E-state index is 13.3. The lowest BCUT2D eigenvalue weighted by Gasteiger charge is -2.23. The van der Waals surface area contributed by atoms with Crippen molar-refractivity contribution in [2.45, 2.75) is 32.4 Å². The monoisotopic (exact) mass is 446 g/mol. The van der Waals surface area contributed by atoms with Crippen LogP contribution in [0.2, 0.25) is 0 Å². The van der Waals surface area contributed by atoms with Gasteiger partial charge in [0.15, 0.2) is 5.78 Å². The highest BCUT2D eigenvalue weighted by molar-refractivity contribution is 5.98. The maximum Gasteiger partial charge on any atom is 0.417 e. The lowest BCUT2D eigenvalue weighted by atomic mass is 10.0. The molecule has 32 heavy (non-hydrogen) atoms. The number of carbonyl (C=O) groups is 3. The van der Waals surface area contributed by atoms with Gasteiger partial charge in [0.1, 0.15) is 0 Å². The summed E-state index contributed by atoms with van der Waals surface area (Å²) < 4.78 is 39.8. The Hall–Kier alpha value is -3.16. The van der Waals surface area contributed by atoms with Crippen LogP contribution in [0.1, 0.15) is 51.1 Å². The molecule has 3 rings (SSSR count). The van der Waals surface area contributed by atoms with Crippen LogP contribution in [0.3, 0.4) is 0 Å². The standard InChI is InChI=1S/C24H25F3N2O3/c1-17-7-9-18(10-8-17)21(30)11-12-22(31)28-13-4-14-29(16-15-28)23(32)19-5-2-3-6-20(19)24(25,26)27/h2-3,5-10H,4,11-16H2,1H3. The van der Waals surface area contributed by atoms with Crippen LogP contribution in [0.5, 0.6) is 0 Å². The van der Waals surface area contributed by atoms with Crippen molar-refractivity contribution >= 4 is 17.6 Å². The molecule has 2 aromatic rings. The van der Waals surface area contributed by atoms with E-state index < -0.39 is 17.6 Å². The zero-order valence-corrected chi connectivity index (χ0v) is 17.8. The van der Waals surface area contributed by atoms with Gasteiger partial charge < -0.3 is 9.80 Å². The maximum atomic E-state index is 13.3. The van der Waals surface area contributed by atoms with Crippen molar-refractivity contribution in [2.24, 2.45) is 0 Å². The van der Waals surface area contributed by atoms with Gasteiger partial charge in [0.05, 0.1) is 11.1 Å². The molecule has 1 heterocycles. The molecule has 0 radical (unpaired) electrons. The highest BCUT2D eigenvalue weighted by atomic mass is 19.4. The molecule has 0 spiro atoms. The molecule has 5 nitrogen and oxygen atoms in total. The Labute approximate surface area is 184 Å². The molecule has 1 aliphatic heterocycles. The Balaban J connectivity index is 1.58. The van der Waals surface area contributed by atoms with Crippen molar-refractivity contribution in [1.29, 1.82) is 0 Å². The second kappa shape index (κ2) is 9.97. The van der Waals surface area contributed by atoms with E-state index >= 15 is 0 Å². The van der Waals surface area contributed by atoms with Gasteiger partial charge in [-0.1, -0.05) is 42.0 Å². The van der Waals surface area contributed by atoms with E-state index in [-0.39, 0.29) is 49.7 Å². The van der Waals surface area contributed by atoms with Gasteiger partial charge in [-0.15, -0.1) is 0 Å². The van der Waals surface area contributed by atoms with E-state index in [9.17, 15) is 27.6 Å². The smallest absolute Gasteiger partial charge is 0.341 e. The fraction of sp³-hybridized carbons (Fsp3) is 0.375. The van der Waals surface area contributed by atoms with Crippen LogP contribution >= 0.6 is 0 Å². The minimum absolute atomic E-state index is 0.0531. The largest absolute Gasteiger partial charge is 0.417 e. The Kier molecular flexibility index (Phi) is 7.33. The number of aryl methyl sites for hydroxylation is 1. The number of alkyl halides is 3. The first kappa shape index (κ1) is 23.5. The Morgan fingerprint density at radius 1 is 0.844 bits per heavy atom. The van der Waals surface area contributed by atoms with E-state index in [4.69, 9.17) is 0 Å². The summed E-state index contributed by atoms with van der Waals surface area (Å²) in [6.45, 7) is 2.94. The quantitative estimate of drug-likeness (QED) is 0.642. The van der Waals surface area contributed by atoms with Crippen LogP contribution in [0.15, 0.2) is 48.5 Å². The van der Waals surface area contributed by atoms with Gasteiger partial charge in [-0.25, -0.2) is 0 Å². The lowest BCUT2D eigenvalue weighted by molar-refractivity contribution is -0.138.